The molecule has 1 heterocycles. The molecule has 1 aliphatic heterocycles. The smallest absolute Gasteiger partial charge is 0.249 e. The highest BCUT2D eigenvalue weighted by molar-refractivity contribution is 6.07. The summed E-state index contributed by atoms with van der Waals surface area (Å²) in [7, 11) is 0. The van der Waals surface area contributed by atoms with E-state index in [9.17, 15) is 4.79 Å². The Labute approximate surface area is 84.7 Å². The Hall–Kier alpha value is -0.900. The van der Waals surface area contributed by atoms with Crippen LogP contribution in [0.15, 0.2) is 4.99 Å². The molecule has 2 atom stereocenters. The third-order valence-corrected chi connectivity index (χ3v) is 2.18. The number of hydrogen-bond donors (Lipinski definition) is 1. The van der Waals surface area contributed by atoms with Crippen LogP contribution in [0.1, 0.15) is 27.7 Å². The molecule has 0 bridgehead atoms. The number of hydrogen-bond acceptors (Lipinski definition) is 3. The van der Waals surface area contributed by atoms with Crippen LogP contribution < -0.4 is 5.32 Å². The second kappa shape index (κ2) is 4.55. The van der Waals surface area contributed by atoms with Gasteiger partial charge in [-0.3, -0.25) is 9.79 Å². The predicted molar refractivity (Wildman–Crippen MR) is 55.3 cm³/mol. The van der Waals surface area contributed by atoms with Gasteiger partial charge in [0.15, 0.2) is 0 Å². The van der Waals surface area contributed by atoms with Crippen LogP contribution in [0.25, 0.3) is 0 Å². The van der Waals surface area contributed by atoms with Crippen LogP contribution in [-0.4, -0.2) is 30.5 Å². The van der Waals surface area contributed by atoms with Crippen molar-refractivity contribution >= 4 is 11.7 Å². The Balaban J connectivity index is 2.70. The number of nitrogens with one attached hydrogen (secondary N) is 1. The first kappa shape index (κ1) is 11.2. The molecule has 0 spiro atoms. The van der Waals surface area contributed by atoms with E-state index in [2.05, 4.69) is 24.2 Å². The fraction of sp³-hybridized carbons (Fsp3) is 0.800. The van der Waals surface area contributed by atoms with E-state index in [-0.39, 0.29) is 18.1 Å². The van der Waals surface area contributed by atoms with E-state index in [1.807, 2.05) is 6.92 Å². The first-order chi connectivity index (χ1) is 6.56. The molecule has 0 aromatic heterocycles. The molecule has 0 radical (unpaired) electrons. The largest absolute Gasteiger partial charge is 0.370 e. The molecule has 1 rings (SSSR count). The molecular weight excluding hydrogens is 180 g/mol. The van der Waals surface area contributed by atoms with Crippen molar-refractivity contribution in [2.45, 2.75) is 39.8 Å². The molecule has 0 saturated heterocycles. The Kier molecular flexibility index (Phi) is 3.63. The lowest BCUT2D eigenvalue weighted by atomic mass is 10.1. The van der Waals surface area contributed by atoms with E-state index < -0.39 is 0 Å². The number of nitrogens with zero attached hydrogens (tertiary/aromatic N) is 1. The standard InChI is InChI=1S/C10H18N2O2/c1-5-14-8(6(2)3)9-11-7(4)10(13)12-9/h6-8H,5H2,1-4H3,(H,11,12,13). The van der Waals surface area contributed by atoms with Crippen molar-refractivity contribution in [3.05, 3.63) is 0 Å². The minimum absolute atomic E-state index is 0.0367. The number of rotatable bonds is 4. The van der Waals surface area contributed by atoms with Crippen LogP contribution in [0.3, 0.4) is 0 Å². The molecule has 0 fully saturated rings. The van der Waals surface area contributed by atoms with Crippen molar-refractivity contribution in [2.75, 3.05) is 6.61 Å². The second-order valence-corrected chi connectivity index (χ2v) is 3.80. The van der Waals surface area contributed by atoms with Crippen molar-refractivity contribution in [2.24, 2.45) is 10.9 Å². The maximum absolute atomic E-state index is 11.2. The van der Waals surface area contributed by atoms with Gasteiger partial charge in [0, 0.05) is 6.61 Å². The minimum atomic E-state index is -0.272. The fourth-order valence-corrected chi connectivity index (χ4v) is 1.44. The summed E-state index contributed by atoms with van der Waals surface area (Å²) >= 11 is 0. The highest BCUT2D eigenvalue weighted by Gasteiger charge is 2.29. The van der Waals surface area contributed by atoms with Crippen LogP contribution in [0, 0.1) is 5.92 Å². The van der Waals surface area contributed by atoms with E-state index in [0.717, 1.165) is 0 Å². The molecule has 0 saturated carbocycles. The monoisotopic (exact) mass is 198 g/mol. The molecule has 0 aromatic rings. The van der Waals surface area contributed by atoms with Crippen molar-refractivity contribution < 1.29 is 9.53 Å². The molecular formula is C10H18N2O2. The predicted octanol–water partition coefficient (Wildman–Crippen LogP) is 0.964. The van der Waals surface area contributed by atoms with E-state index in [1.54, 1.807) is 6.92 Å². The van der Waals surface area contributed by atoms with E-state index in [1.165, 1.54) is 0 Å². The van der Waals surface area contributed by atoms with Gasteiger partial charge in [-0.05, 0) is 19.8 Å². The van der Waals surface area contributed by atoms with Gasteiger partial charge < -0.3 is 10.1 Å². The van der Waals surface area contributed by atoms with Crippen molar-refractivity contribution in [3.63, 3.8) is 0 Å². The summed E-state index contributed by atoms with van der Waals surface area (Å²) in [6.45, 7) is 8.46. The third kappa shape index (κ3) is 2.32. The summed E-state index contributed by atoms with van der Waals surface area (Å²) in [5.74, 6) is 0.962. The number of carbonyl (C=O) groups excluding carboxylic acids is 1. The van der Waals surface area contributed by atoms with Gasteiger partial charge in [-0.15, -0.1) is 0 Å². The average Bonchev–Trinajstić information content (AvgIpc) is 2.42. The molecule has 1 aliphatic rings. The zero-order valence-corrected chi connectivity index (χ0v) is 9.20. The van der Waals surface area contributed by atoms with Crippen LogP contribution in [0.5, 0.6) is 0 Å². The quantitative estimate of drug-likeness (QED) is 0.731. The Morgan fingerprint density at radius 1 is 1.57 bits per heavy atom. The fourth-order valence-electron chi connectivity index (χ4n) is 1.44. The van der Waals surface area contributed by atoms with Gasteiger partial charge in [0.2, 0.25) is 5.91 Å². The summed E-state index contributed by atoms with van der Waals surface area (Å²) < 4.78 is 5.54. The summed E-state index contributed by atoms with van der Waals surface area (Å²) in [5, 5.41) is 2.76. The highest BCUT2D eigenvalue weighted by Crippen LogP contribution is 2.12. The lowest BCUT2D eigenvalue weighted by Gasteiger charge is -2.20. The zero-order valence-electron chi connectivity index (χ0n) is 9.20. The zero-order chi connectivity index (χ0) is 10.7. The Bertz CT molecular complexity index is 249. The second-order valence-electron chi connectivity index (χ2n) is 3.80. The van der Waals surface area contributed by atoms with Gasteiger partial charge in [-0.1, -0.05) is 13.8 Å². The molecule has 14 heavy (non-hydrogen) atoms. The summed E-state index contributed by atoms with van der Waals surface area (Å²) in [4.78, 5) is 15.5. The van der Waals surface area contributed by atoms with Crippen LogP contribution in [0.2, 0.25) is 0 Å². The molecule has 0 aliphatic carbocycles. The van der Waals surface area contributed by atoms with Gasteiger partial charge >= 0.3 is 0 Å². The first-order valence-corrected chi connectivity index (χ1v) is 5.06. The SMILES string of the molecule is CCOC(C1=NC(C)C(=O)N1)C(C)C. The lowest BCUT2D eigenvalue weighted by molar-refractivity contribution is -0.119. The van der Waals surface area contributed by atoms with Crippen molar-refractivity contribution in [3.8, 4) is 0 Å². The topological polar surface area (TPSA) is 50.7 Å². The molecule has 2 unspecified atom stereocenters. The van der Waals surface area contributed by atoms with E-state index >= 15 is 0 Å². The first-order valence-electron chi connectivity index (χ1n) is 5.06. The Morgan fingerprint density at radius 3 is 2.57 bits per heavy atom. The molecule has 4 heteroatoms. The maximum Gasteiger partial charge on any atom is 0.249 e. The summed E-state index contributed by atoms with van der Waals surface area (Å²) in [6, 6.07) is -0.272. The molecule has 1 amide bonds. The lowest BCUT2D eigenvalue weighted by Crippen LogP contribution is -2.39. The van der Waals surface area contributed by atoms with Crippen LogP contribution in [0.4, 0.5) is 0 Å². The summed E-state index contributed by atoms with van der Waals surface area (Å²) in [6.07, 6.45) is -0.0890. The number of aliphatic imine (C=N–C) groups is 1. The third-order valence-electron chi connectivity index (χ3n) is 2.18. The van der Waals surface area contributed by atoms with E-state index in [0.29, 0.717) is 18.4 Å². The van der Waals surface area contributed by atoms with Gasteiger partial charge in [0.05, 0.1) is 0 Å². The molecule has 4 nitrogen and oxygen atoms in total. The molecule has 80 valence electrons. The minimum Gasteiger partial charge on any atom is -0.370 e. The van der Waals surface area contributed by atoms with Crippen molar-refractivity contribution in [1.82, 2.24) is 5.32 Å². The molecule has 0 aromatic carbocycles. The maximum atomic E-state index is 11.2. The Morgan fingerprint density at radius 2 is 2.21 bits per heavy atom. The average molecular weight is 198 g/mol. The normalized spacial score (nSPS) is 23.6. The van der Waals surface area contributed by atoms with E-state index in [4.69, 9.17) is 4.74 Å². The van der Waals surface area contributed by atoms with Gasteiger partial charge in [0.25, 0.3) is 0 Å². The molecule has 1 N–H and O–H groups in total. The van der Waals surface area contributed by atoms with Gasteiger partial charge in [-0.2, -0.15) is 0 Å². The number of carbonyl (C=O) groups is 1. The number of ether oxygens (including phenoxy) is 1. The number of amidine groups is 1. The number of amides is 1. The van der Waals surface area contributed by atoms with Crippen molar-refractivity contribution in [1.29, 1.82) is 0 Å². The van der Waals surface area contributed by atoms with Crippen LogP contribution in [-0.2, 0) is 9.53 Å². The van der Waals surface area contributed by atoms with Gasteiger partial charge in [-0.25, -0.2) is 0 Å². The van der Waals surface area contributed by atoms with Crippen LogP contribution >= 0.6 is 0 Å². The highest BCUT2D eigenvalue weighted by atomic mass is 16.5. The summed E-state index contributed by atoms with van der Waals surface area (Å²) in [5.41, 5.74) is 0. The van der Waals surface area contributed by atoms with Gasteiger partial charge in [0.1, 0.15) is 18.0 Å².